The summed E-state index contributed by atoms with van der Waals surface area (Å²) in [6.07, 6.45) is 0. The summed E-state index contributed by atoms with van der Waals surface area (Å²) < 4.78 is 1.12. The summed E-state index contributed by atoms with van der Waals surface area (Å²) in [5.41, 5.74) is 0.924. The Hall–Kier alpha value is -0.0000000000000000555. The fourth-order valence-corrected chi connectivity index (χ4v) is 1.90. The normalized spacial score (nSPS) is 12.6. The first-order valence-electron chi connectivity index (χ1n) is 4.43. The summed E-state index contributed by atoms with van der Waals surface area (Å²) in [5.74, 6) is 0.241. The van der Waals surface area contributed by atoms with Crippen molar-refractivity contribution in [1.29, 1.82) is 0 Å². The minimum absolute atomic E-state index is 0.189. The molecule has 2 N–H and O–H groups in total. The smallest absolute Gasteiger partial charge is 0.0648 e. The van der Waals surface area contributed by atoms with Gasteiger partial charge < -0.3 is 10.4 Å². The van der Waals surface area contributed by atoms with Crippen LogP contribution in [0.1, 0.15) is 6.92 Å². The van der Waals surface area contributed by atoms with Gasteiger partial charge in [0.2, 0.25) is 0 Å². The number of benzene rings is 1. The number of aliphatic hydroxyl groups is 1. The number of nitrogens with one attached hydrogen (secondary N) is 1. The number of halogens is 2. The van der Waals surface area contributed by atoms with E-state index in [0.29, 0.717) is 0 Å². The number of anilines is 1. The van der Waals surface area contributed by atoms with Crippen LogP contribution < -0.4 is 5.32 Å². The third-order valence-corrected chi connectivity index (χ3v) is 2.87. The standard InChI is InChI=1S/C10H13ClINO/c1-7(6-14)5-13-10-3-2-8(12)4-9(10)11/h2-4,7,13-14H,5-6H2,1H3. The number of hydrogen-bond acceptors (Lipinski definition) is 2. The van der Waals surface area contributed by atoms with Crippen molar-refractivity contribution in [2.24, 2.45) is 5.92 Å². The molecule has 2 nitrogen and oxygen atoms in total. The highest BCUT2D eigenvalue weighted by molar-refractivity contribution is 14.1. The van der Waals surface area contributed by atoms with Crippen molar-refractivity contribution < 1.29 is 5.11 Å². The Morgan fingerprint density at radius 3 is 2.86 bits per heavy atom. The Bertz CT molecular complexity index is 306. The summed E-state index contributed by atoms with van der Waals surface area (Å²) >= 11 is 8.25. The zero-order valence-corrected chi connectivity index (χ0v) is 10.8. The topological polar surface area (TPSA) is 32.3 Å². The van der Waals surface area contributed by atoms with Crippen LogP contribution >= 0.6 is 34.2 Å². The lowest BCUT2D eigenvalue weighted by molar-refractivity contribution is 0.244. The van der Waals surface area contributed by atoms with Crippen LogP contribution in [0.3, 0.4) is 0 Å². The van der Waals surface area contributed by atoms with Gasteiger partial charge in [-0.25, -0.2) is 0 Å². The molecule has 1 aromatic rings. The SMILES string of the molecule is CC(CO)CNc1ccc(I)cc1Cl. The molecule has 1 rings (SSSR count). The molecule has 0 spiro atoms. The third kappa shape index (κ3) is 3.63. The zero-order chi connectivity index (χ0) is 10.6. The summed E-state index contributed by atoms with van der Waals surface area (Å²) in [6, 6.07) is 5.86. The maximum Gasteiger partial charge on any atom is 0.0648 e. The lowest BCUT2D eigenvalue weighted by atomic mass is 10.2. The maximum atomic E-state index is 8.85. The second-order valence-electron chi connectivity index (χ2n) is 3.29. The van der Waals surface area contributed by atoms with Crippen LogP contribution in [0.15, 0.2) is 18.2 Å². The quantitative estimate of drug-likeness (QED) is 0.834. The van der Waals surface area contributed by atoms with E-state index >= 15 is 0 Å². The van der Waals surface area contributed by atoms with Crippen molar-refractivity contribution in [1.82, 2.24) is 0 Å². The Kier molecular flexibility index (Phi) is 4.98. The molecule has 4 heteroatoms. The molecule has 78 valence electrons. The van der Waals surface area contributed by atoms with Crippen LogP contribution in [0, 0.1) is 9.49 Å². The van der Waals surface area contributed by atoms with Crippen molar-refractivity contribution in [2.45, 2.75) is 6.92 Å². The lowest BCUT2D eigenvalue weighted by Gasteiger charge is -2.12. The van der Waals surface area contributed by atoms with Crippen molar-refractivity contribution in [2.75, 3.05) is 18.5 Å². The van der Waals surface area contributed by atoms with Gasteiger partial charge in [-0.15, -0.1) is 0 Å². The van der Waals surface area contributed by atoms with E-state index in [9.17, 15) is 0 Å². The van der Waals surface area contributed by atoms with Gasteiger partial charge in [-0.05, 0) is 46.7 Å². The lowest BCUT2D eigenvalue weighted by Crippen LogP contribution is -2.14. The molecule has 0 saturated carbocycles. The summed E-state index contributed by atoms with van der Waals surface area (Å²) in [7, 11) is 0. The first-order valence-corrected chi connectivity index (χ1v) is 5.89. The van der Waals surface area contributed by atoms with Gasteiger partial charge in [0, 0.05) is 16.7 Å². The Labute approximate surface area is 103 Å². The van der Waals surface area contributed by atoms with Crippen molar-refractivity contribution in [3.8, 4) is 0 Å². The monoisotopic (exact) mass is 325 g/mol. The largest absolute Gasteiger partial charge is 0.396 e. The van der Waals surface area contributed by atoms with Gasteiger partial charge in [-0.1, -0.05) is 18.5 Å². The van der Waals surface area contributed by atoms with E-state index in [1.54, 1.807) is 0 Å². The van der Waals surface area contributed by atoms with Crippen LogP contribution in [-0.4, -0.2) is 18.3 Å². The first-order chi connectivity index (χ1) is 6.63. The van der Waals surface area contributed by atoms with Gasteiger partial charge in [0.1, 0.15) is 0 Å². The predicted octanol–water partition coefficient (Wildman–Crippen LogP) is 2.98. The summed E-state index contributed by atoms with van der Waals surface area (Å²) in [4.78, 5) is 0. The minimum Gasteiger partial charge on any atom is -0.396 e. The molecule has 0 aliphatic carbocycles. The van der Waals surface area contributed by atoms with Crippen molar-refractivity contribution >= 4 is 39.9 Å². The van der Waals surface area contributed by atoms with E-state index in [1.165, 1.54) is 0 Å². The van der Waals surface area contributed by atoms with E-state index < -0.39 is 0 Å². The Balaban J connectivity index is 2.59. The molecule has 0 aliphatic rings. The molecule has 1 aromatic carbocycles. The van der Waals surface area contributed by atoms with E-state index in [1.807, 2.05) is 25.1 Å². The number of hydrogen-bond donors (Lipinski definition) is 2. The fraction of sp³-hybridized carbons (Fsp3) is 0.400. The van der Waals surface area contributed by atoms with Crippen molar-refractivity contribution in [3.63, 3.8) is 0 Å². The van der Waals surface area contributed by atoms with Gasteiger partial charge in [0.25, 0.3) is 0 Å². The van der Waals surface area contributed by atoms with Crippen molar-refractivity contribution in [3.05, 3.63) is 26.8 Å². The molecular formula is C10H13ClINO. The van der Waals surface area contributed by atoms with Gasteiger partial charge >= 0.3 is 0 Å². The molecule has 1 atom stereocenters. The fourth-order valence-electron chi connectivity index (χ4n) is 0.982. The second kappa shape index (κ2) is 5.78. The predicted molar refractivity (Wildman–Crippen MR) is 68.9 cm³/mol. The minimum atomic E-state index is 0.189. The third-order valence-electron chi connectivity index (χ3n) is 1.88. The van der Waals surface area contributed by atoms with Crippen LogP contribution in [-0.2, 0) is 0 Å². The highest BCUT2D eigenvalue weighted by atomic mass is 127. The molecule has 0 bridgehead atoms. The molecule has 14 heavy (non-hydrogen) atoms. The van der Waals surface area contributed by atoms with Gasteiger partial charge in [-0.2, -0.15) is 0 Å². The highest BCUT2D eigenvalue weighted by Gasteiger charge is 2.03. The Morgan fingerprint density at radius 1 is 1.57 bits per heavy atom. The molecule has 0 fully saturated rings. The molecule has 0 saturated heterocycles. The second-order valence-corrected chi connectivity index (χ2v) is 4.95. The molecule has 0 aliphatic heterocycles. The van der Waals surface area contributed by atoms with E-state index in [-0.39, 0.29) is 12.5 Å². The zero-order valence-electron chi connectivity index (χ0n) is 7.93. The van der Waals surface area contributed by atoms with E-state index in [2.05, 4.69) is 27.9 Å². The maximum absolute atomic E-state index is 8.85. The molecule has 0 radical (unpaired) electrons. The van der Waals surface area contributed by atoms with E-state index in [0.717, 1.165) is 20.8 Å². The van der Waals surface area contributed by atoms with Crippen LogP contribution in [0.5, 0.6) is 0 Å². The molecule has 0 amide bonds. The van der Waals surface area contributed by atoms with Crippen LogP contribution in [0.4, 0.5) is 5.69 Å². The van der Waals surface area contributed by atoms with Crippen LogP contribution in [0.2, 0.25) is 5.02 Å². The van der Waals surface area contributed by atoms with Gasteiger partial charge in [-0.3, -0.25) is 0 Å². The highest BCUT2D eigenvalue weighted by Crippen LogP contribution is 2.23. The number of rotatable bonds is 4. The average Bonchev–Trinajstić information content (AvgIpc) is 2.16. The molecule has 1 unspecified atom stereocenters. The molecular weight excluding hydrogens is 312 g/mol. The molecule has 0 aromatic heterocycles. The van der Waals surface area contributed by atoms with Gasteiger partial charge in [0.15, 0.2) is 0 Å². The summed E-state index contributed by atoms with van der Waals surface area (Å²) in [5, 5.41) is 12.8. The first kappa shape index (κ1) is 12.1. The average molecular weight is 326 g/mol. The Morgan fingerprint density at radius 2 is 2.29 bits per heavy atom. The molecule has 0 heterocycles. The van der Waals surface area contributed by atoms with Crippen LogP contribution in [0.25, 0.3) is 0 Å². The summed E-state index contributed by atoms with van der Waals surface area (Å²) in [6.45, 7) is 2.90. The number of aliphatic hydroxyl groups excluding tert-OH is 1. The van der Waals surface area contributed by atoms with E-state index in [4.69, 9.17) is 16.7 Å². The van der Waals surface area contributed by atoms with Gasteiger partial charge in [0.05, 0.1) is 10.7 Å².